The summed E-state index contributed by atoms with van der Waals surface area (Å²) in [4.78, 5) is 0. The lowest BCUT2D eigenvalue weighted by atomic mass is 9.93. The standard InChI is InChI=1S/C8H6N2O/c9-3-5-6(4-10)8-2-1-7(5)11-8/h7-8H,1-2H2/t7-,8-/m0/s1. The summed E-state index contributed by atoms with van der Waals surface area (Å²) in [7, 11) is 0. The van der Waals surface area contributed by atoms with Crippen LogP contribution in [-0.2, 0) is 4.74 Å². The molecule has 0 aliphatic carbocycles. The molecule has 11 heavy (non-hydrogen) atoms. The predicted octanol–water partition coefficient (Wildman–Crippen LogP) is 0.891. The molecule has 1 fully saturated rings. The minimum atomic E-state index is -0.0698. The molecule has 0 N–H and O–H groups in total. The molecule has 0 aromatic rings. The third kappa shape index (κ3) is 0.691. The van der Waals surface area contributed by atoms with Crippen LogP contribution in [0.15, 0.2) is 11.1 Å². The molecule has 2 heterocycles. The van der Waals surface area contributed by atoms with E-state index in [2.05, 4.69) is 0 Å². The van der Waals surface area contributed by atoms with E-state index in [0.717, 1.165) is 12.8 Å². The predicted molar refractivity (Wildman–Crippen MR) is 36.1 cm³/mol. The van der Waals surface area contributed by atoms with Gasteiger partial charge in [0.1, 0.15) is 0 Å². The molecule has 0 aromatic heterocycles. The second-order valence-corrected chi connectivity index (χ2v) is 2.74. The molecular formula is C8H6N2O. The first-order chi connectivity index (χ1) is 5.36. The van der Waals surface area contributed by atoms with Gasteiger partial charge < -0.3 is 4.74 Å². The minimum Gasteiger partial charge on any atom is -0.364 e. The fraction of sp³-hybridized carbons (Fsp3) is 0.500. The van der Waals surface area contributed by atoms with E-state index in [1.54, 1.807) is 0 Å². The SMILES string of the molecule is N#CC1=C(C#N)[C@@H]2CC[C@@H]1O2. The van der Waals surface area contributed by atoms with Crippen LogP contribution in [0.25, 0.3) is 0 Å². The molecule has 0 unspecified atom stereocenters. The van der Waals surface area contributed by atoms with Crippen LogP contribution in [0.4, 0.5) is 0 Å². The Hall–Kier alpha value is -1.32. The summed E-state index contributed by atoms with van der Waals surface area (Å²) >= 11 is 0. The number of rotatable bonds is 0. The molecule has 0 spiro atoms. The van der Waals surface area contributed by atoms with Gasteiger partial charge in [0, 0.05) is 0 Å². The highest BCUT2D eigenvalue weighted by atomic mass is 16.5. The number of hydrogen-bond donors (Lipinski definition) is 0. The first-order valence-corrected chi connectivity index (χ1v) is 3.56. The van der Waals surface area contributed by atoms with E-state index < -0.39 is 0 Å². The molecule has 2 rings (SSSR count). The van der Waals surface area contributed by atoms with Gasteiger partial charge in [0.05, 0.1) is 35.5 Å². The molecular weight excluding hydrogens is 140 g/mol. The molecule has 2 atom stereocenters. The van der Waals surface area contributed by atoms with Gasteiger partial charge in [-0.15, -0.1) is 0 Å². The van der Waals surface area contributed by atoms with Gasteiger partial charge in [0.15, 0.2) is 0 Å². The molecule has 0 aromatic carbocycles. The summed E-state index contributed by atoms with van der Waals surface area (Å²) in [6.45, 7) is 0. The summed E-state index contributed by atoms with van der Waals surface area (Å²) in [6, 6.07) is 4.06. The number of nitriles is 2. The van der Waals surface area contributed by atoms with Crippen molar-refractivity contribution in [3.05, 3.63) is 11.1 Å². The second-order valence-electron chi connectivity index (χ2n) is 2.74. The van der Waals surface area contributed by atoms with Crippen molar-refractivity contribution in [3.8, 4) is 12.1 Å². The van der Waals surface area contributed by atoms with E-state index in [1.807, 2.05) is 12.1 Å². The molecule has 0 saturated carbocycles. The average molecular weight is 146 g/mol. The Kier molecular flexibility index (Phi) is 1.21. The lowest BCUT2D eigenvalue weighted by molar-refractivity contribution is 0.115. The number of nitrogens with zero attached hydrogens (tertiary/aromatic N) is 2. The van der Waals surface area contributed by atoms with Crippen LogP contribution in [0.2, 0.25) is 0 Å². The quantitative estimate of drug-likeness (QED) is 0.510. The zero-order valence-electron chi connectivity index (χ0n) is 5.87. The summed E-state index contributed by atoms with van der Waals surface area (Å²) in [5.41, 5.74) is 1.12. The molecule has 0 amide bonds. The van der Waals surface area contributed by atoms with Crippen molar-refractivity contribution in [2.24, 2.45) is 0 Å². The molecule has 54 valence electrons. The van der Waals surface area contributed by atoms with Gasteiger partial charge in [-0.05, 0) is 12.8 Å². The van der Waals surface area contributed by atoms with Gasteiger partial charge in [-0.3, -0.25) is 0 Å². The van der Waals surface area contributed by atoms with Crippen molar-refractivity contribution in [3.63, 3.8) is 0 Å². The maximum absolute atomic E-state index is 8.65. The maximum atomic E-state index is 8.65. The third-order valence-corrected chi connectivity index (χ3v) is 2.19. The van der Waals surface area contributed by atoms with Crippen LogP contribution in [0.5, 0.6) is 0 Å². The number of hydrogen-bond acceptors (Lipinski definition) is 3. The van der Waals surface area contributed by atoms with Crippen LogP contribution in [0, 0.1) is 22.7 Å². The molecule has 0 radical (unpaired) electrons. The first-order valence-electron chi connectivity index (χ1n) is 3.56. The Labute approximate surface area is 64.5 Å². The fourth-order valence-electron chi connectivity index (χ4n) is 1.67. The Balaban J connectivity index is 2.46. The summed E-state index contributed by atoms with van der Waals surface area (Å²) < 4.78 is 5.36. The summed E-state index contributed by atoms with van der Waals surface area (Å²) in [6.07, 6.45) is 1.66. The molecule has 2 bridgehead atoms. The van der Waals surface area contributed by atoms with E-state index in [4.69, 9.17) is 15.3 Å². The monoisotopic (exact) mass is 146 g/mol. The zero-order valence-corrected chi connectivity index (χ0v) is 5.87. The molecule has 3 nitrogen and oxygen atoms in total. The van der Waals surface area contributed by atoms with Crippen LogP contribution < -0.4 is 0 Å². The van der Waals surface area contributed by atoms with Gasteiger partial charge >= 0.3 is 0 Å². The Morgan fingerprint density at radius 1 is 1.09 bits per heavy atom. The normalized spacial score (nSPS) is 33.6. The van der Waals surface area contributed by atoms with Crippen molar-refractivity contribution in [2.45, 2.75) is 25.0 Å². The fourth-order valence-corrected chi connectivity index (χ4v) is 1.67. The number of fused-ring (bicyclic) bond motifs is 2. The van der Waals surface area contributed by atoms with Gasteiger partial charge in [0.2, 0.25) is 0 Å². The van der Waals surface area contributed by atoms with Crippen LogP contribution >= 0.6 is 0 Å². The second kappa shape index (κ2) is 2.08. The Bertz CT molecular complexity index is 275. The Morgan fingerprint density at radius 3 is 1.91 bits per heavy atom. The van der Waals surface area contributed by atoms with E-state index in [1.165, 1.54) is 0 Å². The van der Waals surface area contributed by atoms with Gasteiger partial charge in [-0.25, -0.2) is 0 Å². The summed E-state index contributed by atoms with van der Waals surface area (Å²) in [5.74, 6) is 0. The zero-order chi connectivity index (χ0) is 7.84. The van der Waals surface area contributed by atoms with Gasteiger partial charge in [-0.2, -0.15) is 10.5 Å². The van der Waals surface area contributed by atoms with E-state index in [9.17, 15) is 0 Å². The van der Waals surface area contributed by atoms with Crippen LogP contribution in [-0.4, -0.2) is 12.2 Å². The van der Waals surface area contributed by atoms with E-state index in [0.29, 0.717) is 11.1 Å². The minimum absolute atomic E-state index is 0.0698. The highest BCUT2D eigenvalue weighted by Crippen LogP contribution is 2.38. The highest BCUT2D eigenvalue weighted by molar-refractivity contribution is 5.47. The molecule has 2 aliphatic rings. The smallest absolute Gasteiger partial charge is 0.0986 e. The van der Waals surface area contributed by atoms with Crippen molar-refractivity contribution >= 4 is 0 Å². The van der Waals surface area contributed by atoms with Crippen molar-refractivity contribution in [2.75, 3.05) is 0 Å². The van der Waals surface area contributed by atoms with E-state index >= 15 is 0 Å². The van der Waals surface area contributed by atoms with Crippen molar-refractivity contribution in [1.29, 1.82) is 10.5 Å². The third-order valence-electron chi connectivity index (χ3n) is 2.19. The van der Waals surface area contributed by atoms with Crippen molar-refractivity contribution < 1.29 is 4.74 Å². The molecule has 3 heteroatoms. The lowest BCUT2D eigenvalue weighted by Crippen LogP contribution is -2.06. The van der Waals surface area contributed by atoms with Crippen molar-refractivity contribution in [1.82, 2.24) is 0 Å². The highest BCUT2D eigenvalue weighted by Gasteiger charge is 2.40. The average Bonchev–Trinajstić information content (AvgIpc) is 2.60. The molecule has 2 aliphatic heterocycles. The number of ether oxygens (including phenoxy) is 1. The van der Waals surface area contributed by atoms with Crippen LogP contribution in [0.3, 0.4) is 0 Å². The topological polar surface area (TPSA) is 56.8 Å². The summed E-state index contributed by atoms with van der Waals surface area (Å²) in [5, 5.41) is 17.3. The van der Waals surface area contributed by atoms with Gasteiger partial charge in [0.25, 0.3) is 0 Å². The Morgan fingerprint density at radius 2 is 1.55 bits per heavy atom. The maximum Gasteiger partial charge on any atom is 0.0986 e. The van der Waals surface area contributed by atoms with E-state index in [-0.39, 0.29) is 12.2 Å². The molecule has 1 saturated heterocycles. The largest absolute Gasteiger partial charge is 0.364 e. The van der Waals surface area contributed by atoms with Gasteiger partial charge in [-0.1, -0.05) is 0 Å². The lowest BCUT2D eigenvalue weighted by Gasteiger charge is -2.03. The first kappa shape index (κ1) is 6.39. The van der Waals surface area contributed by atoms with Crippen LogP contribution in [0.1, 0.15) is 12.8 Å².